The minimum Gasteiger partial charge on any atom is -0.351 e. The van der Waals surface area contributed by atoms with Crippen LogP contribution in [0, 0.1) is 0 Å². The lowest BCUT2D eigenvalue weighted by Crippen LogP contribution is -2.37. The van der Waals surface area contributed by atoms with Crippen LogP contribution in [0.3, 0.4) is 0 Å². The lowest BCUT2D eigenvalue weighted by Gasteiger charge is -2.22. The van der Waals surface area contributed by atoms with Crippen LogP contribution in [-0.4, -0.2) is 17.0 Å². The summed E-state index contributed by atoms with van der Waals surface area (Å²) in [7, 11) is 0. The fourth-order valence-corrected chi connectivity index (χ4v) is 5.04. The van der Waals surface area contributed by atoms with Crippen molar-refractivity contribution in [2.75, 3.05) is 6.54 Å². The molecule has 0 aliphatic heterocycles. The number of pyridine rings is 1. The molecule has 0 unspecified atom stereocenters. The van der Waals surface area contributed by atoms with Gasteiger partial charge in [-0.15, -0.1) is 0 Å². The Kier molecular flexibility index (Phi) is 8.35. The molecule has 0 spiro atoms. The standard InChI is InChI=1S/C30H36N2O2/c1-2-3-20-32-28-19-13-5-4-8-18-25(28)21-26(30(32)34)29(33)31-22-27(23-14-9-6-10-15-23)24-16-11-7-12-17-24/h6-7,9-12,14-17,21,27H,2-5,8,13,18-20,22H2,1H3,(H,31,33). The predicted octanol–water partition coefficient (Wildman–Crippen LogP) is 5.87. The van der Waals surface area contributed by atoms with E-state index in [1.807, 2.05) is 47.0 Å². The van der Waals surface area contributed by atoms with E-state index in [2.05, 4.69) is 36.5 Å². The molecule has 4 rings (SSSR count). The van der Waals surface area contributed by atoms with Gasteiger partial charge in [-0.25, -0.2) is 0 Å². The number of aryl methyl sites for hydroxylation is 1. The normalized spacial score (nSPS) is 13.7. The molecule has 1 aromatic heterocycles. The van der Waals surface area contributed by atoms with E-state index < -0.39 is 0 Å². The van der Waals surface area contributed by atoms with Gasteiger partial charge in [-0.3, -0.25) is 9.59 Å². The first-order valence-electron chi connectivity index (χ1n) is 12.8. The van der Waals surface area contributed by atoms with Gasteiger partial charge in [0.25, 0.3) is 11.5 Å². The second kappa shape index (κ2) is 11.8. The fourth-order valence-electron chi connectivity index (χ4n) is 5.04. The summed E-state index contributed by atoms with van der Waals surface area (Å²) in [4.78, 5) is 26.8. The first kappa shape index (κ1) is 24.0. The number of nitrogens with one attached hydrogen (secondary N) is 1. The van der Waals surface area contributed by atoms with Gasteiger partial charge in [0.1, 0.15) is 5.56 Å². The van der Waals surface area contributed by atoms with E-state index in [-0.39, 0.29) is 22.9 Å². The van der Waals surface area contributed by atoms with Gasteiger partial charge in [0.05, 0.1) is 0 Å². The minimum absolute atomic E-state index is 0.0259. The van der Waals surface area contributed by atoms with Crippen LogP contribution in [0.25, 0.3) is 0 Å². The van der Waals surface area contributed by atoms with Crippen LogP contribution in [0.5, 0.6) is 0 Å². The maximum Gasteiger partial charge on any atom is 0.263 e. The van der Waals surface area contributed by atoms with E-state index in [1.54, 1.807) is 0 Å². The van der Waals surface area contributed by atoms with Gasteiger partial charge >= 0.3 is 0 Å². The number of hydrogen-bond donors (Lipinski definition) is 1. The number of nitrogens with zero attached hydrogens (tertiary/aromatic N) is 1. The fraction of sp³-hybridized carbons (Fsp3) is 0.400. The maximum absolute atomic E-state index is 13.5. The smallest absolute Gasteiger partial charge is 0.263 e. The Morgan fingerprint density at radius 2 is 1.53 bits per heavy atom. The molecule has 1 heterocycles. The Labute approximate surface area is 203 Å². The highest BCUT2D eigenvalue weighted by Crippen LogP contribution is 2.24. The second-order valence-corrected chi connectivity index (χ2v) is 9.34. The third-order valence-electron chi connectivity index (χ3n) is 6.95. The highest BCUT2D eigenvalue weighted by Gasteiger charge is 2.21. The van der Waals surface area contributed by atoms with Crippen LogP contribution in [-0.2, 0) is 19.4 Å². The summed E-state index contributed by atoms with van der Waals surface area (Å²) >= 11 is 0. The van der Waals surface area contributed by atoms with Gasteiger partial charge in [0.2, 0.25) is 0 Å². The maximum atomic E-state index is 13.5. The lowest BCUT2D eigenvalue weighted by atomic mass is 9.91. The molecule has 1 amide bonds. The van der Waals surface area contributed by atoms with Crippen molar-refractivity contribution >= 4 is 5.91 Å². The van der Waals surface area contributed by atoms with Gasteiger partial charge in [-0.05, 0) is 54.9 Å². The van der Waals surface area contributed by atoms with E-state index >= 15 is 0 Å². The van der Waals surface area contributed by atoms with Crippen molar-refractivity contribution in [2.24, 2.45) is 0 Å². The van der Waals surface area contributed by atoms with Crippen molar-refractivity contribution in [2.45, 2.75) is 70.8 Å². The van der Waals surface area contributed by atoms with Gasteiger partial charge in [-0.1, -0.05) is 86.8 Å². The molecule has 3 aromatic rings. The van der Waals surface area contributed by atoms with Crippen molar-refractivity contribution in [3.05, 3.63) is 105 Å². The zero-order valence-corrected chi connectivity index (χ0v) is 20.3. The summed E-state index contributed by atoms with van der Waals surface area (Å²) in [5, 5.41) is 3.10. The van der Waals surface area contributed by atoms with E-state index in [1.165, 1.54) is 18.4 Å². The average Bonchev–Trinajstić information content (AvgIpc) is 2.85. The zero-order valence-electron chi connectivity index (χ0n) is 20.3. The molecule has 0 radical (unpaired) electrons. The van der Waals surface area contributed by atoms with Crippen LogP contribution >= 0.6 is 0 Å². The number of unbranched alkanes of at least 4 members (excludes halogenated alkanes) is 1. The molecule has 0 fully saturated rings. The molecule has 2 aromatic carbocycles. The van der Waals surface area contributed by atoms with Crippen molar-refractivity contribution in [1.29, 1.82) is 0 Å². The third kappa shape index (κ3) is 5.67. The number of benzene rings is 2. The number of fused-ring (bicyclic) bond motifs is 1. The van der Waals surface area contributed by atoms with Crippen LogP contribution in [0.15, 0.2) is 71.5 Å². The predicted molar refractivity (Wildman–Crippen MR) is 139 cm³/mol. The number of carbonyl (C=O) groups is 1. The van der Waals surface area contributed by atoms with Crippen molar-refractivity contribution in [1.82, 2.24) is 9.88 Å². The van der Waals surface area contributed by atoms with Gasteiger partial charge < -0.3 is 9.88 Å². The summed E-state index contributed by atoms with van der Waals surface area (Å²) in [5.74, 6) is -0.241. The van der Waals surface area contributed by atoms with Crippen molar-refractivity contribution in [3.8, 4) is 0 Å². The highest BCUT2D eigenvalue weighted by atomic mass is 16.2. The Morgan fingerprint density at radius 3 is 2.15 bits per heavy atom. The SMILES string of the molecule is CCCCn1c2c(cc(C(=O)NCC(c3ccccc3)c3ccccc3)c1=O)CCCCCC2. The minimum atomic E-state index is -0.267. The Balaban J connectivity index is 1.62. The Morgan fingerprint density at radius 1 is 0.912 bits per heavy atom. The quantitative estimate of drug-likeness (QED) is 0.461. The summed E-state index contributed by atoms with van der Waals surface area (Å²) in [5.41, 5.74) is 4.78. The largest absolute Gasteiger partial charge is 0.351 e. The molecular formula is C30H36N2O2. The van der Waals surface area contributed by atoms with Crippen LogP contribution in [0.2, 0.25) is 0 Å². The molecule has 0 saturated carbocycles. The number of aromatic nitrogens is 1. The number of carbonyl (C=O) groups excluding carboxylic acids is 1. The van der Waals surface area contributed by atoms with Crippen molar-refractivity contribution < 1.29 is 4.79 Å². The number of rotatable bonds is 8. The molecule has 0 atom stereocenters. The van der Waals surface area contributed by atoms with Crippen LogP contribution < -0.4 is 10.9 Å². The Bertz CT molecular complexity index is 1100. The first-order valence-corrected chi connectivity index (χ1v) is 12.8. The second-order valence-electron chi connectivity index (χ2n) is 9.34. The monoisotopic (exact) mass is 456 g/mol. The molecule has 34 heavy (non-hydrogen) atoms. The van der Waals surface area contributed by atoms with Crippen LogP contribution in [0.4, 0.5) is 0 Å². The molecule has 178 valence electrons. The highest BCUT2D eigenvalue weighted by molar-refractivity contribution is 5.94. The Hall–Kier alpha value is -3.14. The summed E-state index contributed by atoms with van der Waals surface area (Å²) < 4.78 is 1.91. The van der Waals surface area contributed by atoms with Gasteiger partial charge in [0.15, 0.2) is 0 Å². The summed E-state index contributed by atoms with van der Waals surface area (Å²) in [6.45, 7) is 3.27. The first-order chi connectivity index (χ1) is 16.7. The topological polar surface area (TPSA) is 51.1 Å². The molecule has 4 nitrogen and oxygen atoms in total. The summed E-state index contributed by atoms with van der Waals surface area (Å²) in [6.07, 6.45) is 8.49. The number of hydrogen-bond acceptors (Lipinski definition) is 2. The van der Waals surface area contributed by atoms with E-state index in [0.717, 1.165) is 55.3 Å². The molecule has 1 aliphatic carbocycles. The van der Waals surface area contributed by atoms with Gasteiger partial charge in [0, 0.05) is 24.7 Å². The van der Waals surface area contributed by atoms with Crippen molar-refractivity contribution in [3.63, 3.8) is 0 Å². The van der Waals surface area contributed by atoms with E-state index in [0.29, 0.717) is 13.1 Å². The van der Waals surface area contributed by atoms with E-state index in [4.69, 9.17) is 0 Å². The molecular weight excluding hydrogens is 420 g/mol. The van der Waals surface area contributed by atoms with Gasteiger partial charge in [-0.2, -0.15) is 0 Å². The molecule has 1 N–H and O–H groups in total. The molecule has 0 saturated heterocycles. The lowest BCUT2D eigenvalue weighted by molar-refractivity contribution is 0.0950. The van der Waals surface area contributed by atoms with Crippen LogP contribution in [0.1, 0.15) is 84.1 Å². The zero-order chi connectivity index (χ0) is 23.8. The third-order valence-corrected chi connectivity index (χ3v) is 6.95. The molecule has 4 heteroatoms. The summed E-state index contributed by atoms with van der Waals surface area (Å²) in [6, 6.07) is 22.3. The average molecular weight is 457 g/mol. The van der Waals surface area contributed by atoms with E-state index in [9.17, 15) is 9.59 Å². The molecule has 0 bridgehead atoms. The molecule has 1 aliphatic rings. The number of amides is 1.